The van der Waals surface area contributed by atoms with Crippen molar-refractivity contribution in [3.05, 3.63) is 24.3 Å². The maximum atomic E-state index is 12.1. The highest BCUT2D eigenvalue weighted by atomic mass is 35.5. The molecule has 1 heterocycles. The van der Waals surface area contributed by atoms with Gasteiger partial charge in [-0.25, -0.2) is 0 Å². The molecule has 7 heteroatoms. The Hall–Kier alpha value is -1.79. The molecule has 23 heavy (non-hydrogen) atoms. The Balaban J connectivity index is 0.00000264. The van der Waals surface area contributed by atoms with E-state index in [1.807, 2.05) is 24.3 Å². The molecular weight excluding hydrogens is 316 g/mol. The van der Waals surface area contributed by atoms with Gasteiger partial charge in [-0.3, -0.25) is 9.59 Å². The lowest BCUT2D eigenvalue weighted by Crippen LogP contribution is -2.47. The smallest absolute Gasteiger partial charge is 0.246 e. The van der Waals surface area contributed by atoms with Gasteiger partial charge >= 0.3 is 0 Å². The summed E-state index contributed by atoms with van der Waals surface area (Å²) in [5.41, 5.74) is 7.32. The minimum Gasteiger partial charge on any atom is -0.371 e. The summed E-state index contributed by atoms with van der Waals surface area (Å²) in [6.07, 6.45) is 2.41. The number of nitrogens with two attached hydrogens (primary N) is 1. The summed E-state index contributed by atoms with van der Waals surface area (Å²) in [7, 11) is 0. The van der Waals surface area contributed by atoms with Crippen LogP contribution in [-0.2, 0) is 9.59 Å². The van der Waals surface area contributed by atoms with E-state index in [4.69, 9.17) is 5.73 Å². The molecule has 4 N–H and O–H groups in total. The van der Waals surface area contributed by atoms with E-state index in [1.54, 1.807) is 13.8 Å². The Morgan fingerprint density at radius 1 is 1.17 bits per heavy atom. The second kappa shape index (κ2) is 8.74. The number of carbonyl (C=O) groups is 2. The molecule has 1 fully saturated rings. The first-order chi connectivity index (χ1) is 10.5. The lowest BCUT2D eigenvalue weighted by molar-refractivity contribution is -0.126. The Bertz CT molecular complexity index is 545. The number of anilines is 2. The molecule has 1 aliphatic heterocycles. The molecule has 1 aromatic carbocycles. The third-order valence-electron chi connectivity index (χ3n) is 3.75. The average molecular weight is 341 g/mol. The van der Waals surface area contributed by atoms with Crippen LogP contribution in [0.25, 0.3) is 0 Å². The van der Waals surface area contributed by atoms with Crippen LogP contribution in [-0.4, -0.2) is 37.0 Å². The Morgan fingerprint density at radius 3 is 2.43 bits per heavy atom. The number of halogens is 1. The number of nitrogens with one attached hydrogen (secondary N) is 2. The fourth-order valence-corrected chi connectivity index (χ4v) is 2.42. The molecule has 1 saturated heterocycles. The predicted octanol–water partition coefficient (Wildman–Crippen LogP) is 1.50. The van der Waals surface area contributed by atoms with Gasteiger partial charge in [0.15, 0.2) is 0 Å². The van der Waals surface area contributed by atoms with Crippen molar-refractivity contribution in [2.45, 2.75) is 38.8 Å². The van der Waals surface area contributed by atoms with Crippen molar-refractivity contribution in [3.8, 4) is 0 Å². The number of hydrogen-bond acceptors (Lipinski definition) is 4. The highest BCUT2D eigenvalue weighted by Gasteiger charge is 2.18. The lowest BCUT2D eigenvalue weighted by atomic mass is 10.2. The zero-order chi connectivity index (χ0) is 16.1. The van der Waals surface area contributed by atoms with Gasteiger partial charge in [-0.1, -0.05) is 6.07 Å². The van der Waals surface area contributed by atoms with E-state index in [0.717, 1.165) is 24.5 Å². The maximum absolute atomic E-state index is 12.1. The average Bonchev–Trinajstić information content (AvgIpc) is 3.01. The first-order valence-corrected chi connectivity index (χ1v) is 7.69. The molecule has 0 bridgehead atoms. The monoisotopic (exact) mass is 340 g/mol. The first-order valence-electron chi connectivity index (χ1n) is 7.69. The van der Waals surface area contributed by atoms with Crippen molar-refractivity contribution in [3.63, 3.8) is 0 Å². The van der Waals surface area contributed by atoms with Crippen LogP contribution in [0.5, 0.6) is 0 Å². The number of nitrogens with zero attached hydrogens (tertiary/aromatic N) is 1. The molecule has 1 aromatic rings. The molecule has 128 valence electrons. The van der Waals surface area contributed by atoms with Crippen molar-refractivity contribution in [2.75, 3.05) is 23.3 Å². The molecule has 6 nitrogen and oxygen atoms in total. The number of benzene rings is 1. The van der Waals surface area contributed by atoms with Crippen LogP contribution in [0.3, 0.4) is 0 Å². The third-order valence-corrected chi connectivity index (χ3v) is 3.75. The van der Waals surface area contributed by atoms with Crippen molar-refractivity contribution in [1.29, 1.82) is 0 Å². The second-order valence-electron chi connectivity index (χ2n) is 5.75. The van der Waals surface area contributed by atoms with E-state index in [9.17, 15) is 9.59 Å². The number of rotatable bonds is 5. The molecule has 2 unspecified atom stereocenters. The van der Waals surface area contributed by atoms with Crippen molar-refractivity contribution < 1.29 is 9.59 Å². The molecule has 0 aliphatic carbocycles. The Kier molecular flexibility index (Phi) is 7.32. The standard InChI is InChI=1S/C16H24N4O2.ClH/c1-11(17)15(21)18-12(2)16(22)19-13-6-5-7-14(10-13)20-8-3-4-9-20;/h5-7,10-12H,3-4,8-9,17H2,1-2H3,(H,18,21)(H,19,22);1H. The molecule has 0 aromatic heterocycles. The summed E-state index contributed by atoms with van der Waals surface area (Å²) in [5, 5.41) is 5.41. The topological polar surface area (TPSA) is 87.5 Å². The normalized spacial score (nSPS) is 16.2. The van der Waals surface area contributed by atoms with Crippen molar-refractivity contribution in [2.24, 2.45) is 5.73 Å². The fourth-order valence-electron chi connectivity index (χ4n) is 2.42. The van der Waals surface area contributed by atoms with Gasteiger partial charge in [-0.2, -0.15) is 0 Å². The quantitative estimate of drug-likeness (QED) is 0.758. The molecule has 1 aliphatic rings. The molecule has 0 radical (unpaired) electrons. The second-order valence-corrected chi connectivity index (χ2v) is 5.75. The van der Waals surface area contributed by atoms with Crippen LogP contribution < -0.4 is 21.3 Å². The summed E-state index contributed by atoms with van der Waals surface area (Å²) in [6.45, 7) is 5.33. The zero-order valence-corrected chi connectivity index (χ0v) is 14.4. The van der Waals surface area contributed by atoms with E-state index in [-0.39, 0.29) is 24.2 Å². The Morgan fingerprint density at radius 2 is 1.83 bits per heavy atom. The van der Waals surface area contributed by atoms with Crippen LogP contribution in [0.15, 0.2) is 24.3 Å². The van der Waals surface area contributed by atoms with E-state index in [2.05, 4.69) is 15.5 Å². The minimum absolute atomic E-state index is 0. The molecule has 2 atom stereocenters. The molecule has 0 saturated carbocycles. The van der Waals surface area contributed by atoms with Crippen LogP contribution in [0.1, 0.15) is 26.7 Å². The van der Waals surface area contributed by atoms with E-state index in [1.165, 1.54) is 12.8 Å². The summed E-state index contributed by atoms with van der Waals surface area (Å²) >= 11 is 0. The third kappa shape index (κ3) is 5.41. The van der Waals surface area contributed by atoms with Gasteiger partial charge in [0.05, 0.1) is 6.04 Å². The molecule has 2 amide bonds. The van der Waals surface area contributed by atoms with Gasteiger partial charge in [0.1, 0.15) is 6.04 Å². The number of amides is 2. The van der Waals surface area contributed by atoms with Gasteiger partial charge in [-0.05, 0) is 44.9 Å². The van der Waals surface area contributed by atoms with Crippen molar-refractivity contribution >= 4 is 35.6 Å². The summed E-state index contributed by atoms with van der Waals surface area (Å²) in [5.74, 6) is -0.596. The largest absolute Gasteiger partial charge is 0.371 e. The molecular formula is C16H25ClN4O2. The predicted molar refractivity (Wildman–Crippen MR) is 95.0 cm³/mol. The fraction of sp³-hybridized carbons (Fsp3) is 0.500. The maximum Gasteiger partial charge on any atom is 0.246 e. The summed E-state index contributed by atoms with van der Waals surface area (Å²) < 4.78 is 0. The van der Waals surface area contributed by atoms with Gasteiger partial charge in [-0.15, -0.1) is 12.4 Å². The van der Waals surface area contributed by atoms with Gasteiger partial charge in [0, 0.05) is 24.5 Å². The highest BCUT2D eigenvalue weighted by Crippen LogP contribution is 2.23. The van der Waals surface area contributed by atoms with Gasteiger partial charge in [0.25, 0.3) is 0 Å². The van der Waals surface area contributed by atoms with E-state index >= 15 is 0 Å². The summed E-state index contributed by atoms with van der Waals surface area (Å²) in [6, 6.07) is 6.51. The lowest BCUT2D eigenvalue weighted by Gasteiger charge is -2.19. The van der Waals surface area contributed by atoms with Crippen LogP contribution in [0.2, 0.25) is 0 Å². The van der Waals surface area contributed by atoms with E-state index < -0.39 is 12.1 Å². The molecule has 2 rings (SSSR count). The summed E-state index contributed by atoms with van der Waals surface area (Å²) in [4.78, 5) is 25.9. The van der Waals surface area contributed by atoms with Crippen LogP contribution >= 0.6 is 12.4 Å². The SMILES string of the molecule is CC(N)C(=O)NC(C)C(=O)Nc1cccc(N2CCCC2)c1.Cl. The zero-order valence-electron chi connectivity index (χ0n) is 13.5. The molecule has 0 spiro atoms. The van der Waals surface area contributed by atoms with Gasteiger partial charge < -0.3 is 21.3 Å². The van der Waals surface area contributed by atoms with E-state index in [0.29, 0.717) is 0 Å². The van der Waals surface area contributed by atoms with Crippen LogP contribution in [0, 0.1) is 0 Å². The Labute approximate surface area is 143 Å². The highest BCUT2D eigenvalue weighted by molar-refractivity contribution is 5.97. The number of carbonyl (C=O) groups excluding carboxylic acids is 2. The first kappa shape index (κ1) is 19.3. The van der Waals surface area contributed by atoms with Crippen molar-refractivity contribution in [1.82, 2.24) is 5.32 Å². The van der Waals surface area contributed by atoms with Crippen LogP contribution in [0.4, 0.5) is 11.4 Å². The number of hydrogen-bond donors (Lipinski definition) is 3. The van der Waals surface area contributed by atoms with Gasteiger partial charge in [0.2, 0.25) is 11.8 Å². The minimum atomic E-state index is -0.631.